The van der Waals surface area contributed by atoms with E-state index in [0.29, 0.717) is 17.1 Å². The van der Waals surface area contributed by atoms with Gasteiger partial charge in [0.25, 0.3) is 5.91 Å². The average Bonchev–Trinajstić information content (AvgIpc) is 3.32. The van der Waals surface area contributed by atoms with Crippen LogP contribution in [0, 0.1) is 13.8 Å². The Balaban J connectivity index is 1.52. The Hall–Kier alpha value is -3.88. The third-order valence-electron chi connectivity index (χ3n) is 3.95. The number of hydrogen-bond donors (Lipinski definition) is 1. The molecule has 0 spiro atoms. The molecule has 0 bridgehead atoms. The van der Waals surface area contributed by atoms with Crippen LogP contribution in [0.25, 0.3) is 11.5 Å². The van der Waals surface area contributed by atoms with Crippen LogP contribution in [0.3, 0.4) is 0 Å². The summed E-state index contributed by atoms with van der Waals surface area (Å²) in [6.07, 6.45) is 3.02. The Kier molecular flexibility index (Phi) is 4.17. The van der Waals surface area contributed by atoms with E-state index in [9.17, 15) is 4.79 Å². The van der Waals surface area contributed by atoms with Crippen molar-refractivity contribution in [2.75, 3.05) is 5.32 Å². The molecule has 0 radical (unpaired) electrons. The van der Waals surface area contributed by atoms with E-state index in [1.54, 1.807) is 28.9 Å². The zero-order valence-electron chi connectivity index (χ0n) is 14.7. The van der Waals surface area contributed by atoms with Crippen LogP contribution in [0.15, 0.2) is 55.0 Å². The first-order valence-electron chi connectivity index (χ1n) is 8.24. The van der Waals surface area contributed by atoms with Gasteiger partial charge in [0, 0.05) is 17.6 Å². The summed E-state index contributed by atoms with van der Waals surface area (Å²) in [6.45, 7) is 3.88. The molecule has 0 saturated heterocycles. The number of nitrogens with zero attached hydrogens (tertiary/aromatic N) is 7. The van der Waals surface area contributed by atoms with Gasteiger partial charge in [-0.15, -0.1) is 5.10 Å². The molecule has 0 atom stereocenters. The molecule has 4 aromatic rings. The minimum atomic E-state index is -0.253. The number of tetrazole rings is 1. The Bertz CT molecular complexity index is 1080. The molecule has 1 amide bonds. The molecule has 1 N–H and O–H groups in total. The van der Waals surface area contributed by atoms with Gasteiger partial charge in [0.2, 0.25) is 0 Å². The van der Waals surface area contributed by atoms with Gasteiger partial charge in [-0.2, -0.15) is 5.10 Å². The van der Waals surface area contributed by atoms with Crippen LogP contribution in [0.5, 0.6) is 0 Å². The molecule has 1 aromatic carbocycles. The number of carbonyl (C=O) groups excluding carboxylic acids is 1. The van der Waals surface area contributed by atoms with E-state index in [2.05, 4.69) is 30.9 Å². The van der Waals surface area contributed by atoms with E-state index in [0.717, 1.165) is 17.1 Å². The Morgan fingerprint density at radius 3 is 2.67 bits per heavy atom. The van der Waals surface area contributed by atoms with Crippen LogP contribution in [-0.4, -0.2) is 40.9 Å². The predicted octanol–water partition coefficient (Wildman–Crippen LogP) is 2.11. The van der Waals surface area contributed by atoms with Gasteiger partial charge < -0.3 is 5.32 Å². The largest absolute Gasteiger partial charge is 0.322 e. The first-order valence-corrected chi connectivity index (χ1v) is 8.24. The lowest BCUT2D eigenvalue weighted by Crippen LogP contribution is -2.13. The molecular formula is C18H16N8O. The van der Waals surface area contributed by atoms with Gasteiger partial charge >= 0.3 is 0 Å². The summed E-state index contributed by atoms with van der Waals surface area (Å²) in [7, 11) is 0. The van der Waals surface area contributed by atoms with Crippen molar-refractivity contribution in [3.05, 3.63) is 71.9 Å². The Labute approximate surface area is 154 Å². The average molecular weight is 360 g/mol. The van der Waals surface area contributed by atoms with Crippen LogP contribution < -0.4 is 5.32 Å². The standard InChI is InChI=1S/C18H16N8O/c1-12-8-13(2)26(22-12)17-7-6-14(10-19-17)18(27)21-15-4-3-5-16(9-15)25-11-20-23-24-25/h3-11H,1-2H3,(H,21,27). The number of hydrogen-bond acceptors (Lipinski definition) is 6. The van der Waals surface area contributed by atoms with Crippen LogP contribution in [0.1, 0.15) is 21.7 Å². The van der Waals surface area contributed by atoms with E-state index in [1.807, 2.05) is 32.0 Å². The third kappa shape index (κ3) is 3.43. The van der Waals surface area contributed by atoms with Crippen molar-refractivity contribution in [3.63, 3.8) is 0 Å². The molecule has 0 saturated carbocycles. The minimum Gasteiger partial charge on any atom is -0.322 e. The maximum Gasteiger partial charge on any atom is 0.257 e. The number of pyridine rings is 1. The number of aryl methyl sites for hydroxylation is 2. The molecule has 0 unspecified atom stereocenters. The quantitative estimate of drug-likeness (QED) is 0.598. The SMILES string of the molecule is Cc1cc(C)n(-c2ccc(C(=O)Nc3cccc(-n4cnnn4)c3)cn2)n1. The first-order chi connectivity index (χ1) is 13.1. The molecule has 9 heteroatoms. The smallest absolute Gasteiger partial charge is 0.257 e. The molecule has 0 aliphatic rings. The summed E-state index contributed by atoms with van der Waals surface area (Å²) in [6, 6.07) is 12.7. The van der Waals surface area contributed by atoms with Gasteiger partial charge in [0.15, 0.2) is 5.82 Å². The third-order valence-corrected chi connectivity index (χ3v) is 3.95. The predicted molar refractivity (Wildman–Crippen MR) is 97.9 cm³/mol. The number of benzene rings is 1. The molecule has 0 fully saturated rings. The van der Waals surface area contributed by atoms with Crippen molar-refractivity contribution in [1.29, 1.82) is 0 Å². The number of aromatic nitrogens is 7. The summed E-state index contributed by atoms with van der Waals surface area (Å²) in [5, 5.41) is 18.3. The molecule has 4 rings (SSSR count). The second-order valence-electron chi connectivity index (χ2n) is 6.00. The van der Waals surface area contributed by atoms with Gasteiger partial charge in [0.1, 0.15) is 6.33 Å². The summed E-state index contributed by atoms with van der Waals surface area (Å²) in [5.74, 6) is 0.411. The second kappa shape index (κ2) is 6.79. The Morgan fingerprint density at radius 1 is 1.11 bits per heavy atom. The van der Waals surface area contributed by atoms with Crippen LogP contribution in [0.4, 0.5) is 5.69 Å². The molecule has 0 aliphatic carbocycles. The number of nitrogens with one attached hydrogen (secondary N) is 1. The van der Waals surface area contributed by atoms with Gasteiger partial charge in [-0.1, -0.05) is 6.07 Å². The monoisotopic (exact) mass is 360 g/mol. The highest BCUT2D eigenvalue weighted by molar-refractivity contribution is 6.04. The fourth-order valence-corrected chi connectivity index (χ4v) is 2.72. The zero-order chi connectivity index (χ0) is 18.8. The van der Waals surface area contributed by atoms with Gasteiger partial charge in [-0.25, -0.2) is 14.3 Å². The van der Waals surface area contributed by atoms with Crippen LogP contribution in [-0.2, 0) is 0 Å². The maximum absolute atomic E-state index is 12.5. The number of amides is 1. The van der Waals surface area contributed by atoms with Crippen LogP contribution >= 0.6 is 0 Å². The fourth-order valence-electron chi connectivity index (χ4n) is 2.72. The van der Waals surface area contributed by atoms with Crippen LogP contribution in [0.2, 0.25) is 0 Å². The molecule has 0 aliphatic heterocycles. The number of carbonyl (C=O) groups is 1. The highest BCUT2D eigenvalue weighted by Gasteiger charge is 2.10. The summed E-state index contributed by atoms with van der Waals surface area (Å²) in [5.41, 5.74) is 3.73. The molecular weight excluding hydrogens is 344 g/mol. The normalized spacial score (nSPS) is 10.7. The van der Waals surface area contributed by atoms with E-state index < -0.39 is 0 Å². The lowest BCUT2D eigenvalue weighted by Gasteiger charge is -2.08. The topological polar surface area (TPSA) is 103 Å². The summed E-state index contributed by atoms with van der Waals surface area (Å²) in [4.78, 5) is 16.9. The highest BCUT2D eigenvalue weighted by Crippen LogP contribution is 2.15. The van der Waals surface area contributed by atoms with Gasteiger partial charge in [0.05, 0.1) is 16.9 Å². The van der Waals surface area contributed by atoms with Crippen molar-refractivity contribution in [2.45, 2.75) is 13.8 Å². The molecule has 3 aromatic heterocycles. The highest BCUT2D eigenvalue weighted by atomic mass is 16.1. The molecule has 134 valence electrons. The summed E-state index contributed by atoms with van der Waals surface area (Å²) < 4.78 is 3.26. The van der Waals surface area contributed by atoms with E-state index in [-0.39, 0.29) is 5.91 Å². The summed E-state index contributed by atoms with van der Waals surface area (Å²) >= 11 is 0. The minimum absolute atomic E-state index is 0.253. The second-order valence-corrected chi connectivity index (χ2v) is 6.00. The molecule has 3 heterocycles. The van der Waals surface area contributed by atoms with Crippen molar-refractivity contribution < 1.29 is 4.79 Å². The maximum atomic E-state index is 12.5. The van der Waals surface area contributed by atoms with Crippen molar-refractivity contribution in [1.82, 2.24) is 35.0 Å². The molecule has 9 nitrogen and oxygen atoms in total. The van der Waals surface area contributed by atoms with E-state index in [4.69, 9.17) is 0 Å². The molecule has 27 heavy (non-hydrogen) atoms. The lowest BCUT2D eigenvalue weighted by atomic mass is 10.2. The fraction of sp³-hybridized carbons (Fsp3) is 0.111. The lowest BCUT2D eigenvalue weighted by molar-refractivity contribution is 0.102. The van der Waals surface area contributed by atoms with E-state index in [1.165, 1.54) is 17.2 Å². The van der Waals surface area contributed by atoms with Gasteiger partial charge in [-0.3, -0.25) is 4.79 Å². The van der Waals surface area contributed by atoms with Crippen molar-refractivity contribution >= 4 is 11.6 Å². The Morgan fingerprint density at radius 2 is 2.00 bits per heavy atom. The van der Waals surface area contributed by atoms with E-state index >= 15 is 0 Å². The number of rotatable bonds is 4. The zero-order valence-corrected chi connectivity index (χ0v) is 14.7. The first kappa shape index (κ1) is 16.6. The van der Waals surface area contributed by atoms with Crippen molar-refractivity contribution in [2.24, 2.45) is 0 Å². The number of anilines is 1. The van der Waals surface area contributed by atoms with Gasteiger partial charge in [-0.05, 0) is 60.7 Å². The van der Waals surface area contributed by atoms with Crippen molar-refractivity contribution in [3.8, 4) is 11.5 Å².